The van der Waals surface area contributed by atoms with Gasteiger partial charge in [0, 0.05) is 54.1 Å². The van der Waals surface area contributed by atoms with Crippen molar-refractivity contribution in [2.24, 2.45) is 0 Å². The van der Waals surface area contributed by atoms with Gasteiger partial charge in [0.1, 0.15) is 5.69 Å². The SMILES string of the molecule is CN(CCc1ccccn1)C(=O)c1csc2nc(-c3ccc(Cl)cc3)cn12. The molecule has 136 valence electrons. The number of aromatic nitrogens is 3. The van der Waals surface area contributed by atoms with Gasteiger partial charge in [0.25, 0.3) is 5.91 Å². The zero-order valence-corrected chi connectivity index (χ0v) is 16.2. The molecule has 3 heterocycles. The number of thiazole rings is 1. The van der Waals surface area contributed by atoms with Crippen molar-refractivity contribution >= 4 is 33.8 Å². The monoisotopic (exact) mass is 396 g/mol. The second kappa shape index (κ2) is 7.50. The molecule has 4 rings (SSSR count). The van der Waals surface area contributed by atoms with Crippen LogP contribution < -0.4 is 0 Å². The van der Waals surface area contributed by atoms with Crippen LogP contribution in [0.2, 0.25) is 5.02 Å². The molecular formula is C20H17ClN4OS. The van der Waals surface area contributed by atoms with E-state index in [9.17, 15) is 4.79 Å². The molecule has 7 heteroatoms. The Balaban J connectivity index is 1.54. The van der Waals surface area contributed by atoms with Crippen LogP contribution in [0.5, 0.6) is 0 Å². The first-order valence-electron chi connectivity index (χ1n) is 8.50. The van der Waals surface area contributed by atoms with Gasteiger partial charge < -0.3 is 4.90 Å². The fourth-order valence-electron chi connectivity index (χ4n) is 2.82. The van der Waals surface area contributed by atoms with Gasteiger partial charge in [-0.25, -0.2) is 4.98 Å². The van der Waals surface area contributed by atoms with E-state index < -0.39 is 0 Å². The number of pyridine rings is 1. The van der Waals surface area contributed by atoms with Gasteiger partial charge in [-0.3, -0.25) is 14.2 Å². The summed E-state index contributed by atoms with van der Waals surface area (Å²) < 4.78 is 1.86. The Morgan fingerprint density at radius 2 is 2.04 bits per heavy atom. The maximum absolute atomic E-state index is 12.9. The Hall–Kier alpha value is -2.70. The van der Waals surface area contributed by atoms with Crippen molar-refractivity contribution in [3.63, 3.8) is 0 Å². The van der Waals surface area contributed by atoms with Gasteiger partial charge in [-0.15, -0.1) is 11.3 Å². The molecule has 27 heavy (non-hydrogen) atoms. The molecule has 0 atom stereocenters. The summed E-state index contributed by atoms with van der Waals surface area (Å²) in [4.78, 5) is 24.3. The Morgan fingerprint density at radius 3 is 2.78 bits per heavy atom. The number of likely N-dealkylation sites (N-methyl/N-ethyl adjacent to an activating group) is 1. The van der Waals surface area contributed by atoms with Crippen LogP contribution in [0.25, 0.3) is 16.2 Å². The van der Waals surface area contributed by atoms with Crippen LogP contribution in [0.15, 0.2) is 60.2 Å². The second-order valence-electron chi connectivity index (χ2n) is 6.20. The minimum Gasteiger partial charge on any atom is -0.340 e. The summed E-state index contributed by atoms with van der Waals surface area (Å²) in [6.07, 6.45) is 4.38. The summed E-state index contributed by atoms with van der Waals surface area (Å²) in [6.45, 7) is 0.603. The molecule has 0 aliphatic rings. The smallest absolute Gasteiger partial charge is 0.271 e. The first-order valence-corrected chi connectivity index (χ1v) is 9.75. The van der Waals surface area contributed by atoms with Crippen LogP contribution in [-0.4, -0.2) is 38.8 Å². The number of amides is 1. The van der Waals surface area contributed by atoms with Crippen LogP contribution in [0.1, 0.15) is 16.2 Å². The minimum absolute atomic E-state index is 0.0303. The molecule has 1 amide bonds. The second-order valence-corrected chi connectivity index (χ2v) is 7.48. The molecule has 0 spiro atoms. The van der Waals surface area contributed by atoms with Crippen molar-refractivity contribution in [3.05, 3.63) is 76.6 Å². The molecule has 0 radical (unpaired) electrons. The first kappa shape index (κ1) is 17.7. The number of carbonyl (C=O) groups excluding carboxylic acids is 1. The molecule has 5 nitrogen and oxygen atoms in total. The van der Waals surface area contributed by atoms with Gasteiger partial charge in [0.2, 0.25) is 0 Å². The lowest BCUT2D eigenvalue weighted by molar-refractivity contribution is 0.0790. The van der Waals surface area contributed by atoms with Crippen molar-refractivity contribution < 1.29 is 4.79 Å². The maximum Gasteiger partial charge on any atom is 0.271 e. The van der Waals surface area contributed by atoms with E-state index in [0.717, 1.165) is 28.3 Å². The summed E-state index contributed by atoms with van der Waals surface area (Å²) >= 11 is 7.41. The van der Waals surface area contributed by atoms with Crippen LogP contribution in [-0.2, 0) is 6.42 Å². The highest BCUT2D eigenvalue weighted by molar-refractivity contribution is 7.15. The predicted octanol–water partition coefficient (Wildman–Crippen LogP) is 4.43. The Labute approximate surface area is 165 Å². The summed E-state index contributed by atoms with van der Waals surface area (Å²) in [7, 11) is 1.81. The molecule has 4 aromatic rings. The van der Waals surface area contributed by atoms with E-state index in [1.54, 1.807) is 11.1 Å². The largest absolute Gasteiger partial charge is 0.340 e. The van der Waals surface area contributed by atoms with E-state index in [-0.39, 0.29) is 5.91 Å². The molecule has 0 saturated heterocycles. The molecule has 0 saturated carbocycles. The van der Waals surface area contributed by atoms with Gasteiger partial charge in [-0.05, 0) is 24.3 Å². The van der Waals surface area contributed by atoms with Crippen molar-refractivity contribution in [1.82, 2.24) is 19.3 Å². The molecule has 0 bridgehead atoms. The number of imidazole rings is 1. The molecular weight excluding hydrogens is 380 g/mol. The highest BCUT2D eigenvalue weighted by atomic mass is 35.5. The number of benzene rings is 1. The zero-order valence-electron chi connectivity index (χ0n) is 14.7. The number of halogens is 1. The van der Waals surface area contributed by atoms with Gasteiger partial charge >= 0.3 is 0 Å². The van der Waals surface area contributed by atoms with Crippen LogP contribution in [0, 0.1) is 0 Å². The molecule has 0 aliphatic heterocycles. The summed E-state index contributed by atoms with van der Waals surface area (Å²) in [6, 6.07) is 13.3. The Bertz CT molecular complexity index is 1070. The molecule has 0 aliphatic carbocycles. The van der Waals surface area contributed by atoms with Crippen LogP contribution in [0.3, 0.4) is 0 Å². The summed E-state index contributed by atoms with van der Waals surface area (Å²) in [5.74, 6) is -0.0303. The van der Waals surface area contributed by atoms with E-state index >= 15 is 0 Å². The topological polar surface area (TPSA) is 50.5 Å². The zero-order chi connectivity index (χ0) is 18.8. The van der Waals surface area contributed by atoms with Crippen LogP contribution in [0.4, 0.5) is 0 Å². The number of nitrogens with zero attached hydrogens (tertiary/aromatic N) is 4. The first-order chi connectivity index (χ1) is 13.1. The van der Waals surface area contributed by atoms with Crippen LogP contribution >= 0.6 is 22.9 Å². The number of hydrogen-bond acceptors (Lipinski definition) is 4. The standard InChI is InChI=1S/C20H17ClN4OS/c1-24(11-9-16-4-2-3-10-22-16)19(26)18-13-27-20-23-17(12-25(18)20)14-5-7-15(21)8-6-14/h2-8,10,12-13H,9,11H2,1H3. The van der Waals surface area contributed by atoms with E-state index in [4.69, 9.17) is 11.6 Å². The Kier molecular flexibility index (Phi) is 4.92. The minimum atomic E-state index is -0.0303. The van der Waals surface area contributed by atoms with Crippen molar-refractivity contribution in [1.29, 1.82) is 0 Å². The lowest BCUT2D eigenvalue weighted by atomic mass is 10.2. The van der Waals surface area contributed by atoms with Gasteiger partial charge in [0.15, 0.2) is 4.96 Å². The quantitative estimate of drug-likeness (QED) is 0.501. The van der Waals surface area contributed by atoms with E-state index in [0.29, 0.717) is 17.3 Å². The average molecular weight is 397 g/mol. The van der Waals surface area contributed by atoms with E-state index in [1.165, 1.54) is 11.3 Å². The molecule has 0 N–H and O–H groups in total. The number of fused-ring (bicyclic) bond motifs is 1. The molecule has 0 fully saturated rings. The predicted molar refractivity (Wildman–Crippen MR) is 108 cm³/mol. The number of rotatable bonds is 5. The third-order valence-corrected chi connectivity index (χ3v) is 5.44. The van der Waals surface area contributed by atoms with E-state index in [2.05, 4.69) is 9.97 Å². The number of hydrogen-bond donors (Lipinski definition) is 0. The van der Waals surface area contributed by atoms with Gasteiger partial charge in [0.05, 0.1) is 5.69 Å². The third kappa shape index (κ3) is 3.72. The van der Waals surface area contributed by atoms with Crippen molar-refractivity contribution in [2.45, 2.75) is 6.42 Å². The lowest BCUT2D eigenvalue weighted by Crippen LogP contribution is -2.29. The average Bonchev–Trinajstić information content (AvgIpc) is 3.28. The lowest BCUT2D eigenvalue weighted by Gasteiger charge is -2.16. The molecule has 1 aromatic carbocycles. The number of carbonyl (C=O) groups is 1. The third-order valence-electron chi connectivity index (χ3n) is 4.34. The maximum atomic E-state index is 12.9. The molecule has 3 aromatic heterocycles. The van der Waals surface area contributed by atoms with Crippen molar-refractivity contribution in [3.8, 4) is 11.3 Å². The fourth-order valence-corrected chi connectivity index (χ4v) is 3.80. The fraction of sp³-hybridized carbons (Fsp3) is 0.150. The highest BCUT2D eigenvalue weighted by Crippen LogP contribution is 2.25. The summed E-state index contributed by atoms with van der Waals surface area (Å²) in [5, 5.41) is 2.54. The van der Waals surface area contributed by atoms with E-state index in [1.807, 2.05) is 65.5 Å². The Morgan fingerprint density at radius 1 is 1.22 bits per heavy atom. The normalized spacial score (nSPS) is 11.0. The summed E-state index contributed by atoms with van der Waals surface area (Å²) in [5.41, 5.74) is 3.38. The highest BCUT2D eigenvalue weighted by Gasteiger charge is 2.18. The van der Waals surface area contributed by atoms with Gasteiger partial charge in [-0.2, -0.15) is 0 Å². The molecule has 0 unspecified atom stereocenters. The van der Waals surface area contributed by atoms with Crippen molar-refractivity contribution in [2.75, 3.05) is 13.6 Å². The van der Waals surface area contributed by atoms with Gasteiger partial charge in [-0.1, -0.05) is 29.8 Å².